The van der Waals surface area contributed by atoms with Gasteiger partial charge in [0.25, 0.3) is 0 Å². The Morgan fingerprint density at radius 1 is 1.35 bits per heavy atom. The summed E-state index contributed by atoms with van der Waals surface area (Å²) in [7, 11) is 0. The molecule has 2 aromatic rings. The van der Waals surface area contributed by atoms with Crippen LogP contribution >= 0.6 is 15.9 Å². The molecule has 0 spiro atoms. The number of rotatable bonds is 4. The molecule has 0 amide bonds. The van der Waals surface area contributed by atoms with Crippen LogP contribution < -0.4 is 5.32 Å². The van der Waals surface area contributed by atoms with E-state index >= 15 is 0 Å². The normalized spacial score (nSPS) is 11.6. The predicted octanol–water partition coefficient (Wildman–Crippen LogP) is 3.78. The zero-order valence-electron chi connectivity index (χ0n) is 10.6. The zero-order valence-corrected chi connectivity index (χ0v) is 12.2. The van der Waals surface area contributed by atoms with Gasteiger partial charge in [0.15, 0.2) is 0 Å². The van der Waals surface area contributed by atoms with E-state index in [-0.39, 0.29) is 0 Å². The molecular weight excluding hydrogens is 276 g/mol. The van der Waals surface area contributed by atoms with E-state index < -0.39 is 0 Å². The lowest BCUT2D eigenvalue weighted by molar-refractivity contribution is 0.590. The van der Waals surface area contributed by atoms with Gasteiger partial charge in [0.1, 0.15) is 0 Å². The van der Waals surface area contributed by atoms with Crippen LogP contribution in [0, 0.1) is 6.92 Å². The molecule has 0 fully saturated rings. The van der Waals surface area contributed by atoms with Gasteiger partial charge < -0.3 is 10.3 Å². The Morgan fingerprint density at radius 2 is 2.12 bits per heavy atom. The number of nitrogens with one attached hydrogen (secondary N) is 2. The van der Waals surface area contributed by atoms with Crippen LogP contribution in [0.15, 0.2) is 22.7 Å². The molecule has 92 valence electrons. The molecule has 0 saturated heterocycles. The molecule has 17 heavy (non-hydrogen) atoms. The van der Waals surface area contributed by atoms with Gasteiger partial charge in [-0.15, -0.1) is 0 Å². The van der Waals surface area contributed by atoms with Crippen molar-refractivity contribution in [3.63, 3.8) is 0 Å². The van der Waals surface area contributed by atoms with Crippen LogP contribution in [0.3, 0.4) is 0 Å². The Labute approximate surface area is 111 Å². The molecule has 2 rings (SSSR count). The summed E-state index contributed by atoms with van der Waals surface area (Å²) in [6, 6.07) is 6.95. The highest BCUT2D eigenvalue weighted by Crippen LogP contribution is 2.25. The minimum Gasteiger partial charge on any atom is -0.358 e. The fourth-order valence-electron chi connectivity index (χ4n) is 2.16. The van der Waals surface area contributed by atoms with Crippen LogP contribution in [0.25, 0.3) is 10.9 Å². The first kappa shape index (κ1) is 12.7. The van der Waals surface area contributed by atoms with Crippen LogP contribution in [0.1, 0.15) is 25.1 Å². The van der Waals surface area contributed by atoms with Crippen molar-refractivity contribution in [2.75, 3.05) is 6.54 Å². The van der Waals surface area contributed by atoms with Crippen molar-refractivity contribution in [1.29, 1.82) is 0 Å². The van der Waals surface area contributed by atoms with E-state index in [0.717, 1.165) is 17.4 Å². The van der Waals surface area contributed by atoms with Crippen molar-refractivity contribution in [3.8, 4) is 0 Å². The summed E-state index contributed by atoms with van der Waals surface area (Å²) in [6.45, 7) is 7.54. The number of hydrogen-bond acceptors (Lipinski definition) is 1. The summed E-state index contributed by atoms with van der Waals surface area (Å²) >= 11 is 3.54. The number of aromatic amines is 1. The third kappa shape index (κ3) is 2.90. The van der Waals surface area contributed by atoms with Gasteiger partial charge in [0.2, 0.25) is 0 Å². The van der Waals surface area contributed by atoms with Crippen LogP contribution in [-0.2, 0) is 6.42 Å². The molecule has 1 aromatic heterocycles. The minimum atomic E-state index is 0.548. The third-order valence-electron chi connectivity index (χ3n) is 3.01. The highest BCUT2D eigenvalue weighted by atomic mass is 79.9. The summed E-state index contributed by atoms with van der Waals surface area (Å²) < 4.78 is 1.14. The molecule has 3 heteroatoms. The van der Waals surface area contributed by atoms with E-state index in [0.29, 0.717) is 6.04 Å². The number of benzene rings is 1. The molecule has 0 saturated carbocycles. The number of halogens is 1. The van der Waals surface area contributed by atoms with Crippen molar-refractivity contribution < 1.29 is 0 Å². The fraction of sp³-hybridized carbons (Fsp3) is 0.429. The second kappa shape index (κ2) is 5.23. The molecular formula is C14H19BrN2. The standard InChI is InChI=1S/C14H19BrN2/c1-9(2)16-7-6-12-10(3)17-14-5-4-11(15)8-13(12)14/h4-5,8-9,16-17H,6-7H2,1-3H3. The zero-order chi connectivity index (χ0) is 12.4. The fourth-order valence-corrected chi connectivity index (χ4v) is 2.52. The first-order chi connectivity index (χ1) is 8.08. The maximum atomic E-state index is 3.54. The van der Waals surface area contributed by atoms with Gasteiger partial charge >= 0.3 is 0 Å². The topological polar surface area (TPSA) is 27.8 Å². The number of aryl methyl sites for hydroxylation is 1. The Balaban J connectivity index is 2.26. The average molecular weight is 295 g/mol. The van der Waals surface area contributed by atoms with Gasteiger partial charge in [-0.1, -0.05) is 29.8 Å². The average Bonchev–Trinajstić information content (AvgIpc) is 2.55. The predicted molar refractivity (Wildman–Crippen MR) is 77.6 cm³/mol. The minimum absolute atomic E-state index is 0.548. The number of fused-ring (bicyclic) bond motifs is 1. The Bertz CT molecular complexity index is 514. The van der Waals surface area contributed by atoms with E-state index in [1.165, 1.54) is 22.2 Å². The quantitative estimate of drug-likeness (QED) is 0.882. The second-order valence-corrected chi connectivity index (χ2v) is 5.69. The van der Waals surface area contributed by atoms with Gasteiger partial charge in [-0.25, -0.2) is 0 Å². The van der Waals surface area contributed by atoms with Crippen LogP contribution in [0.4, 0.5) is 0 Å². The van der Waals surface area contributed by atoms with E-state index in [1.54, 1.807) is 0 Å². The summed E-state index contributed by atoms with van der Waals surface area (Å²) in [5, 5.41) is 4.80. The second-order valence-electron chi connectivity index (χ2n) is 4.78. The SMILES string of the molecule is Cc1[nH]c2ccc(Br)cc2c1CCNC(C)C. The van der Waals surface area contributed by atoms with Crippen LogP contribution in [0.2, 0.25) is 0 Å². The van der Waals surface area contributed by atoms with Crippen LogP contribution in [-0.4, -0.2) is 17.6 Å². The van der Waals surface area contributed by atoms with Gasteiger partial charge in [-0.3, -0.25) is 0 Å². The van der Waals surface area contributed by atoms with E-state index in [4.69, 9.17) is 0 Å². The molecule has 0 aliphatic rings. The maximum absolute atomic E-state index is 3.54. The molecule has 0 aliphatic carbocycles. The summed E-state index contributed by atoms with van der Waals surface area (Å²) in [5.74, 6) is 0. The summed E-state index contributed by atoms with van der Waals surface area (Å²) in [5.41, 5.74) is 3.93. The van der Waals surface area contributed by atoms with E-state index in [1.807, 2.05) is 0 Å². The van der Waals surface area contributed by atoms with Gasteiger partial charge in [-0.2, -0.15) is 0 Å². The Kier molecular flexibility index (Phi) is 3.89. The summed E-state index contributed by atoms with van der Waals surface area (Å²) in [6.07, 6.45) is 1.07. The molecule has 2 nitrogen and oxygen atoms in total. The maximum Gasteiger partial charge on any atom is 0.0459 e. The Morgan fingerprint density at radius 3 is 2.82 bits per heavy atom. The van der Waals surface area contributed by atoms with Gasteiger partial charge in [0.05, 0.1) is 0 Å². The molecule has 0 radical (unpaired) electrons. The largest absolute Gasteiger partial charge is 0.358 e. The highest BCUT2D eigenvalue weighted by molar-refractivity contribution is 9.10. The van der Waals surface area contributed by atoms with Crippen molar-refractivity contribution >= 4 is 26.8 Å². The highest BCUT2D eigenvalue weighted by Gasteiger charge is 2.08. The molecule has 0 atom stereocenters. The number of hydrogen-bond donors (Lipinski definition) is 2. The lowest BCUT2D eigenvalue weighted by atomic mass is 10.1. The van der Waals surface area contributed by atoms with Crippen LogP contribution in [0.5, 0.6) is 0 Å². The van der Waals surface area contributed by atoms with Crippen molar-refractivity contribution in [2.45, 2.75) is 33.2 Å². The lowest BCUT2D eigenvalue weighted by Gasteiger charge is -2.08. The van der Waals surface area contributed by atoms with Crippen molar-refractivity contribution in [1.82, 2.24) is 10.3 Å². The molecule has 2 N–H and O–H groups in total. The number of aromatic nitrogens is 1. The monoisotopic (exact) mass is 294 g/mol. The van der Waals surface area contributed by atoms with E-state index in [2.05, 4.69) is 65.2 Å². The first-order valence-electron chi connectivity index (χ1n) is 6.08. The van der Waals surface area contributed by atoms with Gasteiger partial charge in [-0.05, 0) is 43.7 Å². The molecule has 0 aliphatic heterocycles. The summed E-state index contributed by atoms with van der Waals surface area (Å²) in [4.78, 5) is 3.44. The molecule has 1 aromatic carbocycles. The first-order valence-corrected chi connectivity index (χ1v) is 6.87. The lowest BCUT2D eigenvalue weighted by Crippen LogP contribution is -2.25. The smallest absolute Gasteiger partial charge is 0.0459 e. The van der Waals surface area contributed by atoms with E-state index in [9.17, 15) is 0 Å². The Hall–Kier alpha value is -0.800. The van der Waals surface area contributed by atoms with Crippen molar-refractivity contribution in [3.05, 3.63) is 33.9 Å². The molecule has 0 unspecified atom stereocenters. The molecule has 1 heterocycles. The van der Waals surface area contributed by atoms with Gasteiger partial charge in [0, 0.05) is 27.1 Å². The van der Waals surface area contributed by atoms with Crippen molar-refractivity contribution in [2.24, 2.45) is 0 Å². The molecule has 0 bridgehead atoms. The number of H-pyrrole nitrogens is 1. The third-order valence-corrected chi connectivity index (χ3v) is 3.50.